The van der Waals surface area contributed by atoms with Gasteiger partial charge in [-0.2, -0.15) is 0 Å². The molecule has 86 valence electrons. The molecule has 0 bridgehead atoms. The van der Waals surface area contributed by atoms with Crippen LogP contribution in [0.5, 0.6) is 0 Å². The van der Waals surface area contributed by atoms with Crippen LogP contribution in [0.3, 0.4) is 0 Å². The van der Waals surface area contributed by atoms with Crippen molar-refractivity contribution in [3.8, 4) is 0 Å². The highest BCUT2D eigenvalue weighted by molar-refractivity contribution is 5.41. The Hall–Kier alpha value is -1.16. The third-order valence-corrected chi connectivity index (χ3v) is 3.92. The first-order valence-electron chi connectivity index (χ1n) is 6.03. The zero-order chi connectivity index (χ0) is 11.1. The third kappa shape index (κ3) is 1.48. The molecule has 3 heterocycles. The van der Waals surface area contributed by atoms with E-state index >= 15 is 0 Å². The summed E-state index contributed by atoms with van der Waals surface area (Å²) in [4.78, 5) is 11.5. The van der Waals surface area contributed by atoms with Crippen molar-refractivity contribution < 1.29 is 0 Å². The predicted octanol–water partition coefficient (Wildman–Crippen LogP) is 0.892. The van der Waals surface area contributed by atoms with Crippen LogP contribution in [0.2, 0.25) is 0 Å². The first-order valence-corrected chi connectivity index (χ1v) is 6.03. The summed E-state index contributed by atoms with van der Waals surface area (Å²) in [5, 5.41) is 3.46. The van der Waals surface area contributed by atoms with Crippen LogP contribution in [0.15, 0.2) is 6.20 Å². The van der Waals surface area contributed by atoms with E-state index in [2.05, 4.69) is 20.2 Å². The first-order chi connectivity index (χ1) is 7.75. The molecule has 0 aliphatic carbocycles. The second kappa shape index (κ2) is 3.70. The van der Waals surface area contributed by atoms with Crippen LogP contribution in [0, 0.1) is 19.8 Å². The Bertz CT molecular complexity index is 404. The molecule has 2 fully saturated rings. The summed E-state index contributed by atoms with van der Waals surface area (Å²) >= 11 is 0. The van der Waals surface area contributed by atoms with E-state index < -0.39 is 0 Å². The average Bonchev–Trinajstić information content (AvgIpc) is 2.83. The number of aromatic nitrogens is 2. The largest absolute Gasteiger partial charge is 0.351 e. The van der Waals surface area contributed by atoms with E-state index in [4.69, 9.17) is 0 Å². The van der Waals surface area contributed by atoms with Crippen molar-refractivity contribution in [2.45, 2.75) is 26.3 Å². The van der Waals surface area contributed by atoms with Gasteiger partial charge in [-0.15, -0.1) is 0 Å². The van der Waals surface area contributed by atoms with Crippen molar-refractivity contribution in [2.24, 2.45) is 5.92 Å². The van der Waals surface area contributed by atoms with Gasteiger partial charge in [-0.3, -0.25) is 4.98 Å². The molecule has 0 unspecified atom stereocenters. The van der Waals surface area contributed by atoms with Crippen molar-refractivity contribution in [3.63, 3.8) is 0 Å². The van der Waals surface area contributed by atoms with E-state index in [1.54, 1.807) is 0 Å². The summed E-state index contributed by atoms with van der Waals surface area (Å²) < 4.78 is 0. The van der Waals surface area contributed by atoms with Crippen molar-refractivity contribution in [1.29, 1.82) is 0 Å². The molecule has 16 heavy (non-hydrogen) atoms. The molecule has 1 aromatic heterocycles. The molecular weight excluding hydrogens is 200 g/mol. The van der Waals surface area contributed by atoms with Gasteiger partial charge < -0.3 is 10.2 Å². The summed E-state index contributed by atoms with van der Waals surface area (Å²) in [5.74, 6) is 1.86. The molecule has 0 radical (unpaired) electrons. The van der Waals surface area contributed by atoms with Crippen LogP contribution in [0.25, 0.3) is 0 Å². The van der Waals surface area contributed by atoms with E-state index in [1.165, 1.54) is 13.0 Å². The molecule has 0 saturated carbocycles. The van der Waals surface area contributed by atoms with E-state index in [1.807, 2.05) is 20.0 Å². The number of anilines is 1. The SMILES string of the molecule is Cc1ncc(N2CC[C@H]3CNC[C@H]32)nc1C. The van der Waals surface area contributed by atoms with Crippen LogP contribution in [0.1, 0.15) is 17.8 Å². The number of nitrogens with zero attached hydrogens (tertiary/aromatic N) is 3. The van der Waals surface area contributed by atoms with Gasteiger partial charge in [-0.1, -0.05) is 0 Å². The number of rotatable bonds is 1. The molecule has 1 aromatic rings. The lowest BCUT2D eigenvalue weighted by atomic mass is 10.1. The summed E-state index contributed by atoms with van der Waals surface area (Å²) in [7, 11) is 0. The van der Waals surface area contributed by atoms with Crippen LogP contribution < -0.4 is 10.2 Å². The fraction of sp³-hybridized carbons (Fsp3) is 0.667. The summed E-state index contributed by atoms with van der Waals surface area (Å²) in [5.41, 5.74) is 2.08. The van der Waals surface area contributed by atoms with E-state index in [-0.39, 0.29) is 0 Å². The normalized spacial score (nSPS) is 28.5. The molecule has 2 saturated heterocycles. The van der Waals surface area contributed by atoms with Gasteiger partial charge in [-0.25, -0.2) is 4.98 Å². The number of fused-ring (bicyclic) bond motifs is 1. The highest BCUT2D eigenvalue weighted by atomic mass is 15.3. The topological polar surface area (TPSA) is 41.1 Å². The lowest BCUT2D eigenvalue weighted by molar-refractivity contribution is 0.577. The first kappa shape index (κ1) is 10.0. The smallest absolute Gasteiger partial charge is 0.147 e. The Morgan fingerprint density at radius 3 is 3.00 bits per heavy atom. The number of hydrogen-bond donors (Lipinski definition) is 1. The van der Waals surface area contributed by atoms with E-state index in [0.29, 0.717) is 6.04 Å². The van der Waals surface area contributed by atoms with E-state index in [9.17, 15) is 0 Å². The fourth-order valence-electron chi connectivity index (χ4n) is 2.80. The average molecular weight is 218 g/mol. The van der Waals surface area contributed by atoms with Gasteiger partial charge in [0.25, 0.3) is 0 Å². The summed E-state index contributed by atoms with van der Waals surface area (Å²) in [6.07, 6.45) is 3.20. The van der Waals surface area contributed by atoms with Crippen LogP contribution >= 0.6 is 0 Å². The van der Waals surface area contributed by atoms with Gasteiger partial charge in [0, 0.05) is 25.7 Å². The van der Waals surface area contributed by atoms with Gasteiger partial charge in [-0.05, 0) is 26.2 Å². The molecule has 0 aromatic carbocycles. The molecule has 2 atom stereocenters. The number of aryl methyl sites for hydroxylation is 2. The standard InChI is InChI=1S/C12H18N4/c1-8-9(2)15-12(7-14-8)16-4-3-10-5-13-6-11(10)16/h7,10-11,13H,3-6H2,1-2H3/t10-,11+/m0/s1. The number of hydrogen-bond acceptors (Lipinski definition) is 4. The van der Waals surface area contributed by atoms with E-state index in [0.717, 1.165) is 36.2 Å². The van der Waals surface area contributed by atoms with Crippen molar-refractivity contribution >= 4 is 5.82 Å². The molecule has 2 aliphatic heterocycles. The number of nitrogens with one attached hydrogen (secondary N) is 1. The second-order valence-electron chi connectivity index (χ2n) is 4.87. The van der Waals surface area contributed by atoms with Crippen LogP contribution in [0.4, 0.5) is 5.82 Å². The maximum atomic E-state index is 4.65. The summed E-state index contributed by atoms with van der Waals surface area (Å²) in [6, 6.07) is 0.636. The minimum Gasteiger partial charge on any atom is -0.351 e. The van der Waals surface area contributed by atoms with Crippen LogP contribution in [-0.4, -0.2) is 35.6 Å². The molecule has 0 amide bonds. The molecule has 4 nitrogen and oxygen atoms in total. The zero-order valence-corrected chi connectivity index (χ0v) is 9.90. The molecule has 4 heteroatoms. The molecule has 1 N–H and O–H groups in total. The molecule has 0 spiro atoms. The molecule has 2 aliphatic rings. The Morgan fingerprint density at radius 2 is 2.19 bits per heavy atom. The molecular formula is C12H18N4. The Balaban J connectivity index is 1.89. The minimum atomic E-state index is 0.636. The van der Waals surface area contributed by atoms with Gasteiger partial charge >= 0.3 is 0 Å². The van der Waals surface area contributed by atoms with Crippen molar-refractivity contribution in [2.75, 3.05) is 24.5 Å². The highest BCUT2D eigenvalue weighted by Crippen LogP contribution is 2.30. The van der Waals surface area contributed by atoms with Gasteiger partial charge in [0.15, 0.2) is 0 Å². The van der Waals surface area contributed by atoms with Crippen LogP contribution in [-0.2, 0) is 0 Å². The summed E-state index contributed by atoms with van der Waals surface area (Å²) in [6.45, 7) is 7.44. The maximum absolute atomic E-state index is 4.65. The van der Waals surface area contributed by atoms with Gasteiger partial charge in [0.2, 0.25) is 0 Å². The lowest BCUT2D eigenvalue weighted by Gasteiger charge is -2.24. The quantitative estimate of drug-likeness (QED) is 0.760. The Morgan fingerprint density at radius 1 is 1.31 bits per heavy atom. The Labute approximate surface area is 96.1 Å². The second-order valence-corrected chi connectivity index (χ2v) is 4.87. The van der Waals surface area contributed by atoms with Crippen molar-refractivity contribution in [1.82, 2.24) is 15.3 Å². The minimum absolute atomic E-state index is 0.636. The molecule has 3 rings (SSSR count). The highest BCUT2D eigenvalue weighted by Gasteiger charge is 2.38. The third-order valence-electron chi connectivity index (χ3n) is 3.92. The maximum Gasteiger partial charge on any atom is 0.147 e. The zero-order valence-electron chi connectivity index (χ0n) is 9.90. The monoisotopic (exact) mass is 218 g/mol. The Kier molecular flexibility index (Phi) is 2.32. The predicted molar refractivity (Wildman–Crippen MR) is 63.6 cm³/mol. The van der Waals surface area contributed by atoms with Gasteiger partial charge in [0.05, 0.1) is 17.6 Å². The fourth-order valence-corrected chi connectivity index (χ4v) is 2.80. The van der Waals surface area contributed by atoms with Crippen molar-refractivity contribution in [3.05, 3.63) is 17.6 Å². The van der Waals surface area contributed by atoms with Gasteiger partial charge in [0.1, 0.15) is 5.82 Å². The lowest BCUT2D eigenvalue weighted by Crippen LogP contribution is -2.34.